The van der Waals surface area contributed by atoms with E-state index in [2.05, 4.69) is 15.3 Å². The van der Waals surface area contributed by atoms with E-state index in [1.165, 1.54) is 0 Å². The molecule has 0 fully saturated rings. The molecule has 28 heavy (non-hydrogen) atoms. The Morgan fingerprint density at radius 3 is 2.61 bits per heavy atom. The third-order valence-electron chi connectivity index (χ3n) is 4.26. The maximum absolute atomic E-state index is 13.1. The number of amides is 1. The minimum Gasteiger partial charge on any atom is -0.467 e. The Labute approximate surface area is 162 Å². The van der Waals surface area contributed by atoms with E-state index in [-0.39, 0.29) is 5.91 Å². The van der Waals surface area contributed by atoms with Crippen molar-refractivity contribution < 1.29 is 9.21 Å². The molecule has 1 aromatic carbocycles. The first-order chi connectivity index (χ1) is 13.8. The van der Waals surface area contributed by atoms with Gasteiger partial charge in [-0.05, 0) is 29.3 Å². The quantitative estimate of drug-likeness (QED) is 0.497. The molecule has 0 aliphatic heterocycles. The SMILES string of the molecule is O=C(c1cn(Cc2ccccc2)nn1)N(Cc1cccnc1)Cc1ccco1. The van der Waals surface area contributed by atoms with Gasteiger partial charge in [-0.25, -0.2) is 4.68 Å². The lowest BCUT2D eigenvalue weighted by Crippen LogP contribution is -2.30. The van der Waals surface area contributed by atoms with E-state index in [0.29, 0.717) is 31.1 Å². The van der Waals surface area contributed by atoms with Crippen molar-refractivity contribution in [3.63, 3.8) is 0 Å². The monoisotopic (exact) mass is 373 g/mol. The summed E-state index contributed by atoms with van der Waals surface area (Å²) >= 11 is 0. The smallest absolute Gasteiger partial charge is 0.276 e. The number of hydrogen-bond donors (Lipinski definition) is 0. The Kier molecular flexibility index (Phi) is 5.24. The number of benzene rings is 1. The van der Waals surface area contributed by atoms with Crippen molar-refractivity contribution in [2.75, 3.05) is 0 Å². The summed E-state index contributed by atoms with van der Waals surface area (Å²) in [4.78, 5) is 18.9. The van der Waals surface area contributed by atoms with E-state index >= 15 is 0 Å². The maximum atomic E-state index is 13.1. The van der Waals surface area contributed by atoms with Crippen LogP contribution in [-0.2, 0) is 19.6 Å². The summed E-state index contributed by atoms with van der Waals surface area (Å²) in [5.41, 5.74) is 2.32. The molecule has 1 amide bonds. The van der Waals surface area contributed by atoms with Crippen molar-refractivity contribution in [1.29, 1.82) is 0 Å². The number of carbonyl (C=O) groups is 1. The minimum absolute atomic E-state index is 0.209. The van der Waals surface area contributed by atoms with Gasteiger partial charge in [0.2, 0.25) is 0 Å². The second kappa shape index (κ2) is 8.30. The molecule has 0 radical (unpaired) electrons. The number of carbonyl (C=O) groups excluding carboxylic acids is 1. The zero-order valence-corrected chi connectivity index (χ0v) is 15.2. The maximum Gasteiger partial charge on any atom is 0.276 e. The van der Waals surface area contributed by atoms with Gasteiger partial charge in [-0.1, -0.05) is 41.6 Å². The molecule has 0 aliphatic rings. The summed E-state index contributed by atoms with van der Waals surface area (Å²) in [5, 5.41) is 8.18. The van der Waals surface area contributed by atoms with Crippen LogP contribution in [0.2, 0.25) is 0 Å². The van der Waals surface area contributed by atoms with Crippen LogP contribution in [0.25, 0.3) is 0 Å². The Hall–Kier alpha value is -3.74. The molecule has 4 aromatic rings. The zero-order chi connectivity index (χ0) is 19.2. The number of furan rings is 1. The third kappa shape index (κ3) is 4.32. The molecule has 0 N–H and O–H groups in total. The molecular weight excluding hydrogens is 354 g/mol. The molecule has 0 bridgehead atoms. The van der Waals surface area contributed by atoms with Gasteiger partial charge in [0.15, 0.2) is 5.69 Å². The Morgan fingerprint density at radius 2 is 1.86 bits per heavy atom. The van der Waals surface area contributed by atoms with E-state index in [0.717, 1.165) is 11.1 Å². The molecule has 3 heterocycles. The molecule has 7 nitrogen and oxygen atoms in total. The Bertz CT molecular complexity index is 1010. The fraction of sp³-hybridized carbons (Fsp3) is 0.143. The fourth-order valence-corrected chi connectivity index (χ4v) is 2.91. The number of nitrogens with zero attached hydrogens (tertiary/aromatic N) is 5. The molecule has 4 rings (SSSR count). The van der Waals surface area contributed by atoms with Crippen LogP contribution in [0, 0.1) is 0 Å². The second-order valence-corrected chi connectivity index (χ2v) is 6.39. The Balaban J connectivity index is 1.53. The Morgan fingerprint density at radius 1 is 1.00 bits per heavy atom. The predicted octanol–water partition coefficient (Wildman–Crippen LogP) is 3.16. The third-order valence-corrected chi connectivity index (χ3v) is 4.26. The summed E-state index contributed by atoms with van der Waals surface area (Å²) < 4.78 is 7.09. The normalized spacial score (nSPS) is 10.7. The molecule has 3 aromatic heterocycles. The first kappa shape index (κ1) is 17.7. The lowest BCUT2D eigenvalue weighted by Gasteiger charge is -2.20. The van der Waals surface area contributed by atoms with E-state index in [1.54, 1.807) is 40.5 Å². The van der Waals surface area contributed by atoms with Crippen LogP contribution in [0.4, 0.5) is 0 Å². The van der Waals surface area contributed by atoms with Crippen LogP contribution < -0.4 is 0 Å². The van der Waals surface area contributed by atoms with Crippen molar-refractivity contribution in [2.45, 2.75) is 19.6 Å². The van der Waals surface area contributed by atoms with Gasteiger partial charge in [0.1, 0.15) is 5.76 Å². The number of hydrogen-bond acceptors (Lipinski definition) is 5. The summed E-state index contributed by atoms with van der Waals surface area (Å²) in [6.45, 7) is 1.30. The van der Waals surface area contributed by atoms with Crippen LogP contribution >= 0.6 is 0 Å². The van der Waals surface area contributed by atoms with Gasteiger partial charge in [0.05, 0.1) is 25.5 Å². The van der Waals surface area contributed by atoms with E-state index in [9.17, 15) is 4.79 Å². The van der Waals surface area contributed by atoms with Gasteiger partial charge in [-0.15, -0.1) is 5.10 Å². The van der Waals surface area contributed by atoms with Gasteiger partial charge < -0.3 is 9.32 Å². The van der Waals surface area contributed by atoms with Crippen molar-refractivity contribution in [1.82, 2.24) is 24.9 Å². The largest absolute Gasteiger partial charge is 0.467 e. The molecule has 0 atom stereocenters. The second-order valence-electron chi connectivity index (χ2n) is 6.39. The summed E-state index contributed by atoms with van der Waals surface area (Å²) in [5.74, 6) is 0.494. The lowest BCUT2D eigenvalue weighted by atomic mass is 10.2. The van der Waals surface area contributed by atoms with Crippen LogP contribution in [-0.4, -0.2) is 30.8 Å². The summed E-state index contributed by atoms with van der Waals surface area (Å²) in [6.07, 6.45) is 6.72. The van der Waals surface area contributed by atoms with Crippen molar-refractivity contribution in [3.05, 3.63) is 102 Å². The van der Waals surface area contributed by atoms with Gasteiger partial charge in [-0.2, -0.15) is 0 Å². The van der Waals surface area contributed by atoms with Crippen molar-refractivity contribution >= 4 is 5.91 Å². The first-order valence-electron chi connectivity index (χ1n) is 8.92. The highest BCUT2D eigenvalue weighted by Gasteiger charge is 2.21. The zero-order valence-electron chi connectivity index (χ0n) is 15.2. The van der Waals surface area contributed by atoms with Crippen LogP contribution in [0.1, 0.15) is 27.4 Å². The molecule has 0 spiro atoms. The lowest BCUT2D eigenvalue weighted by molar-refractivity contribution is 0.0711. The van der Waals surface area contributed by atoms with Crippen molar-refractivity contribution in [3.8, 4) is 0 Å². The number of aromatic nitrogens is 4. The first-order valence-corrected chi connectivity index (χ1v) is 8.92. The van der Waals surface area contributed by atoms with E-state index < -0.39 is 0 Å². The van der Waals surface area contributed by atoms with Gasteiger partial charge in [0, 0.05) is 18.9 Å². The summed E-state index contributed by atoms with van der Waals surface area (Å²) in [6, 6.07) is 17.3. The van der Waals surface area contributed by atoms with Crippen molar-refractivity contribution in [2.24, 2.45) is 0 Å². The minimum atomic E-state index is -0.209. The molecule has 140 valence electrons. The predicted molar refractivity (Wildman–Crippen MR) is 102 cm³/mol. The number of pyridine rings is 1. The number of rotatable bonds is 7. The molecule has 0 aliphatic carbocycles. The molecule has 0 saturated carbocycles. The average Bonchev–Trinajstić information content (AvgIpc) is 3.41. The van der Waals surface area contributed by atoms with Crippen LogP contribution in [0.3, 0.4) is 0 Å². The van der Waals surface area contributed by atoms with Gasteiger partial charge in [0.25, 0.3) is 5.91 Å². The van der Waals surface area contributed by atoms with E-state index in [1.807, 2.05) is 48.5 Å². The molecule has 0 saturated heterocycles. The average molecular weight is 373 g/mol. The molecule has 7 heteroatoms. The van der Waals surface area contributed by atoms with Crippen LogP contribution in [0.5, 0.6) is 0 Å². The molecule has 0 unspecified atom stereocenters. The molecular formula is C21H19N5O2. The topological polar surface area (TPSA) is 77.1 Å². The fourth-order valence-electron chi connectivity index (χ4n) is 2.91. The summed E-state index contributed by atoms with van der Waals surface area (Å²) in [7, 11) is 0. The highest BCUT2D eigenvalue weighted by atomic mass is 16.3. The standard InChI is InChI=1S/C21H19N5O2/c27-21(20-16-26(24-23-20)14-17-6-2-1-3-7-17)25(15-19-9-5-11-28-19)13-18-8-4-10-22-12-18/h1-12,16H,13-15H2. The van der Waals surface area contributed by atoms with Gasteiger partial charge in [-0.3, -0.25) is 9.78 Å². The van der Waals surface area contributed by atoms with Gasteiger partial charge >= 0.3 is 0 Å². The highest BCUT2D eigenvalue weighted by Crippen LogP contribution is 2.13. The highest BCUT2D eigenvalue weighted by molar-refractivity contribution is 5.91. The van der Waals surface area contributed by atoms with E-state index in [4.69, 9.17) is 4.42 Å². The van der Waals surface area contributed by atoms with Crippen LogP contribution in [0.15, 0.2) is 83.9 Å².